The minimum atomic E-state index is 0.181. The molecule has 1 unspecified atom stereocenters. The molecule has 0 fully saturated rings. The van der Waals surface area contributed by atoms with Crippen LogP contribution in [0.25, 0.3) is 10.8 Å². The first-order chi connectivity index (χ1) is 10.3. The van der Waals surface area contributed by atoms with Crippen LogP contribution in [0.2, 0.25) is 0 Å². The summed E-state index contributed by atoms with van der Waals surface area (Å²) in [6.07, 6.45) is 1.70. The molecular weight excluding hydrogens is 262 g/mol. The van der Waals surface area contributed by atoms with Gasteiger partial charge in [-0.2, -0.15) is 0 Å². The molecule has 0 saturated carbocycles. The zero-order valence-corrected chi connectivity index (χ0v) is 12.3. The van der Waals surface area contributed by atoms with Crippen LogP contribution in [-0.2, 0) is 6.54 Å². The molecule has 3 aromatic rings. The van der Waals surface area contributed by atoms with Gasteiger partial charge in [0.15, 0.2) is 0 Å². The van der Waals surface area contributed by atoms with Gasteiger partial charge in [0.1, 0.15) is 11.5 Å². The fourth-order valence-electron chi connectivity index (χ4n) is 2.57. The Balaban J connectivity index is 1.84. The predicted molar refractivity (Wildman–Crippen MR) is 84.5 cm³/mol. The fraction of sp³-hybridized carbons (Fsp3) is 0.222. The van der Waals surface area contributed by atoms with Gasteiger partial charge in [0.25, 0.3) is 0 Å². The van der Waals surface area contributed by atoms with Crippen LogP contribution in [0.5, 0.6) is 5.75 Å². The Morgan fingerprint density at radius 2 is 1.86 bits per heavy atom. The Hall–Kier alpha value is -2.26. The summed E-state index contributed by atoms with van der Waals surface area (Å²) in [6.45, 7) is 2.89. The van der Waals surface area contributed by atoms with Crippen molar-refractivity contribution in [2.24, 2.45) is 0 Å². The summed E-state index contributed by atoms with van der Waals surface area (Å²) >= 11 is 0. The van der Waals surface area contributed by atoms with Gasteiger partial charge in [-0.1, -0.05) is 30.3 Å². The molecule has 1 N–H and O–H groups in total. The van der Waals surface area contributed by atoms with E-state index in [2.05, 4.69) is 36.5 Å². The average molecular weight is 281 g/mol. The first-order valence-electron chi connectivity index (χ1n) is 7.11. The van der Waals surface area contributed by atoms with E-state index in [-0.39, 0.29) is 6.04 Å². The predicted octanol–water partition coefficient (Wildman–Crippen LogP) is 4.29. The molecule has 1 heterocycles. The molecule has 0 aliphatic heterocycles. The molecule has 108 valence electrons. The first-order valence-corrected chi connectivity index (χ1v) is 7.11. The largest absolute Gasteiger partial charge is 0.496 e. The van der Waals surface area contributed by atoms with Crippen molar-refractivity contribution in [3.8, 4) is 5.75 Å². The number of ether oxygens (including phenoxy) is 1. The summed E-state index contributed by atoms with van der Waals surface area (Å²) in [5.41, 5.74) is 1.25. The molecule has 21 heavy (non-hydrogen) atoms. The van der Waals surface area contributed by atoms with E-state index in [0.717, 1.165) is 23.4 Å². The minimum absolute atomic E-state index is 0.181. The molecule has 0 saturated heterocycles. The van der Waals surface area contributed by atoms with E-state index in [0.29, 0.717) is 0 Å². The van der Waals surface area contributed by atoms with Crippen molar-refractivity contribution in [3.05, 3.63) is 66.1 Å². The maximum Gasteiger partial charge on any atom is 0.126 e. The second-order valence-electron chi connectivity index (χ2n) is 5.09. The van der Waals surface area contributed by atoms with E-state index in [1.807, 2.05) is 24.3 Å². The highest BCUT2D eigenvalue weighted by Gasteiger charge is 2.10. The first kappa shape index (κ1) is 13.7. The molecule has 0 spiro atoms. The SMILES string of the molecule is COc1ccc(CNC(C)c2ccco2)c2ccccc12. The smallest absolute Gasteiger partial charge is 0.126 e. The summed E-state index contributed by atoms with van der Waals surface area (Å²) < 4.78 is 10.9. The van der Waals surface area contributed by atoms with E-state index in [4.69, 9.17) is 9.15 Å². The maximum absolute atomic E-state index is 5.43. The maximum atomic E-state index is 5.43. The van der Waals surface area contributed by atoms with E-state index >= 15 is 0 Å². The highest BCUT2D eigenvalue weighted by Crippen LogP contribution is 2.28. The lowest BCUT2D eigenvalue weighted by atomic mass is 10.0. The molecule has 0 radical (unpaired) electrons. The van der Waals surface area contributed by atoms with Crippen molar-refractivity contribution in [2.45, 2.75) is 19.5 Å². The Bertz CT molecular complexity index is 719. The minimum Gasteiger partial charge on any atom is -0.496 e. The molecule has 0 aliphatic rings. The lowest BCUT2D eigenvalue weighted by Crippen LogP contribution is -2.17. The summed E-state index contributed by atoms with van der Waals surface area (Å²) in [6, 6.07) is 16.5. The van der Waals surface area contributed by atoms with Crippen LogP contribution in [0.15, 0.2) is 59.2 Å². The highest BCUT2D eigenvalue weighted by atomic mass is 16.5. The van der Waals surface area contributed by atoms with E-state index in [1.165, 1.54) is 10.9 Å². The number of hydrogen-bond donors (Lipinski definition) is 1. The Morgan fingerprint density at radius 1 is 1.05 bits per heavy atom. The number of rotatable bonds is 5. The summed E-state index contributed by atoms with van der Waals surface area (Å²) in [7, 11) is 1.71. The number of benzene rings is 2. The van der Waals surface area contributed by atoms with Crippen LogP contribution in [0.1, 0.15) is 24.3 Å². The normalized spacial score (nSPS) is 12.5. The fourth-order valence-corrected chi connectivity index (χ4v) is 2.57. The Labute approximate surface area is 124 Å². The van der Waals surface area contributed by atoms with Gasteiger partial charge in [-0.15, -0.1) is 0 Å². The summed E-state index contributed by atoms with van der Waals surface area (Å²) in [5.74, 6) is 1.86. The molecule has 2 aromatic carbocycles. The number of fused-ring (bicyclic) bond motifs is 1. The van der Waals surface area contributed by atoms with Crippen LogP contribution in [0.4, 0.5) is 0 Å². The van der Waals surface area contributed by atoms with Crippen LogP contribution in [-0.4, -0.2) is 7.11 Å². The van der Waals surface area contributed by atoms with Gasteiger partial charge in [-0.25, -0.2) is 0 Å². The molecular formula is C18H19NO2. The van der Waals surface area contributed by atoms with Crippen molar-refractivity contribution in [2.75, 3.05) is 7.11 Å². The molecule has 3 heteroatoms. The number of hydrogen-bond acceptors (Lipinski definition) is 3. The highest BCUT2D eigenvalue weighted by molar-refractivity contribution is 5.91. The standard InChI is InChI=1S/C18H19NO2/c1-13(17-8-5-11-21-17)19-12-14-9-10-18(20-2)16-7-4-3-6-15(14)16/h3-11,13,19H,12H2,1-2H3. The van der Waals surface area contributed by atoms with Crippen molar-refractivity contribution in [1.82, 2.24) is 5.32 Å². The second-order valence-corrected chi connectivity index (χ2v) is 5.09. The van der Waals surface area contributed by atoms with Gasteiger partial charge in [0.2, 0.25) is 0 Å². The quantitative estimate of drug-likeness (QED) is 0.757. The molecule has 0 aliphatic carbocycles. The third-order valence-electron chi connectivity index (χ3n) is 3.76. The zero-order valence-electron chi connectivity index (χ0n) is 12.3. The van der Waals surface area contributed by atoms with Crippen LogP contribution in [0.3, 0.4) is 0 Å². The second kappa shape index (κ2) is 6.02. The van der Waals surface area contributed by atoms with Crippen LogP contribution in [0, 0.1) is 0 Å². The Morgan fingerprint density at radius 3 is 2.57 bits per heavy atom. The van der Waals surface area contributed by atoms with E-state index < -0.39 is 0 Å². The van der Waals surface area contributed by atoms with Gasteiger partial charge in [-0.3, -0.25) is 0 Å². The average Bonchev–Trinajstić information content (AvgIpc) is 3.06. The van der Waals surface area contributed by atoms with Crippen molar-refractivity contribution < 1.29 is 9.15 Å². The van der Waals surface area contributed by atoms with Gasteiger partial charge in [-0.05, 0) is 36.1 Å². The lowest BCUT2D eigenvalue weighted by Gasteiger charge is -2.14. The Kier molecular flexibility index (Phi) is 3.93. The van der Waals surface area contributed by atoms with Gasteiger partial charge >= 0.3 is 0 Å². The molecule has 0 bridgehead atoms. The number of furan rings is 1. The molecule has 3 nitrogen and oxygen atoms in total. The number of nitrogens with one attached hydrogen (secondary N) is 1. The van der Waals surface area contributed by atoms with E-state index in [9.17, 15) is 0 Å². The summed E-state index contributed by atoms with van der Waals surface area (Å²) in [4.78, 5) is 0. The monoisotopic (exact) mass is 281 g/mol. The van der Waals surface area contributed by atoms with Crippen molar-refractivity contribution >= 4 is 10.8 Å². The summed E-state index contributed by atoms with van der Waals surface area (Å²) in [5, 5.41) is 5.86. The third-order valence-corrected chi connectivity index (χ3v) is 3.76. The topological polar surface area (TPSA) is 34.4 Å². The van der Waals surface area contributed by atoms with Crippen molar-refractivity contribution in [1.29, 1.82) is 0 Å². The van der Waals surface area contributed by atoms with E-state index in [1.54, 1.807) is 13.4 Å². The third kappa shape index (κ3) is 2.78. The van der Waals surface area contributed by atoms with Crippen molar-refractivity contribution in [3.63, 3.8) is 0 Å². The zero-order chi connectivity index (χ0) is 14.7. The van der Waals surface area contributed by atoms with Gasteiger partial charge in [0.05, 0.1) is 19.4 Å². The van der Waals surface area contributed by atoms with Crippen LogP contribution >= 0.6 is 0 Å². The molecule has 1 atom stereocenters. The molecule has 1 aromatic heterocycles. The van der Waals surface area contributed by atoms with Gasteiger partial charge in [0, 0.05) is 11.9 Å². The molecule has 3 rings (SSSR count). The lowest BCUT2D eigenvalue weighted by molar-refractivity contribution is 0.419. The van der Waals surface area contributed by atoms with Gasteiger partial charge < -0.3 is 14.5 Å². The number of methoxy groups -OCH3 is 1. The van der Waals surface area contributed by atoms with Crippen LogP contribution < -0.4 is 10.1 Å². The molecule has 0 amide bonds.